The number of benzene rings is 1. The minimum atomic E-state index is -0.201. The van der Waals surface area contributed by atoms with Crippen molar-refractivity contribution in [3.05, 3.63) is 24.3 Å². The molecule has 2 fully saturated rings. The molecule has 0 saturated carbocycles. The Morgan fingerprint density at radius 3 is 2.48 bits per heavy atom. The second kappa shape index (κ2) is 10.3. The number of nitrogens with zero attached hydrogens (tertiary/aromatic N) is 2. The molecule has 2 aliphatic heterocycles. The van der Waals surface area contributed by atoms with E-state index >= 15 is 0 Å². The molecule has 3 rings (SSSR count). The third-order valence-electron chi connectivity index (χ3n) is 5.47. The highest BCUT2D eigenvalue weighted by atomic mass is 35.5. The van der Waals surface area contributed by atoms with Gasteiger partial charge in [0.25, 0.3) is 0 Å². The van der Waals surface area contributed by atoms with Crippen molar-refractivity contribution in [3.8, 4) is 0 Å². The van der Waals surface area contributed by atoms with E-state index in [1.165, 1.54) is 4.90 Å². The number of amides is 2. The summed E-state index contributed by atoms with van der Waals surface area (Å²) in [4.78, 5) is 30.2. The van der Waals surface area contributed by atoms with E-state index in [2.05, 4.69) is 12.2 Å². The normalized spacial score (nSPS) is 20.7. The van der Waals surface area contributed by atoms with Crippen molar-refractivity contribution in [1.82, 2.24) is 10.2 Å². The Balaban J connectivity index is 0.00000261. The van der Waals surface area contributed by atoms with Gasteiger partial charge in [-0.2, -0.15) is 0 Å². The number of piperidine rings is 1. The molecule has 2 saturated heterocycles. The number of likely N-dealkylation sites (tertiary alicyclic amines) is 1. The fourth-order valence-electron chi connectivity index (χ4n) is 3.85. The molecule has 27 heavy (non-hydrogen) atoms. The van der Waals surface area contributed by atoms with Gasteiger partial charge in [0.1, 0.15) is 0 Å². The molecule has 150 valence electrons. The summed E-state index contributed by atoms with van der Waals surface area (Å²) < 4.78 is 0. The van der Waals surface area contributed by atoms with Crippen molar-refractivity contribution < 1.29 is 9.59 Å². The van der Waals surface area contributed by atoms with Gasteiger partial charge >= 0.3 is 0 Å². The van der Waals surface area contributed by atoms with E-state index in [9.17, 15) is 9.59 Å². The topological polar surface area (TPSA) is 52.7 Å². The molecular weight excluding hydrogens is 382 g/mol. The van der Waals surface area contributed by atoms with Gasteiger partial charge in [-0.3, -0.25) is 9.59 Å². The number of halogens is 1. The third-order valence-corrected chi connectivity index (χ3v) is 6.21. The fourth-order valence-corrected chi connectivity index (χ4v) is 4.26. The quantitative estimate of drug-likeness (QED) is 0.731. The molecule has 1 aromatic rings. The Bertz CT molecular complexity index is 633. The summed E-state index contributed by atoms with van der Waals surface area (Å²) in [5.41, 5.74) is 0.896. The smallest absolute Gasteiger partial charge is 0.228 e. The number of carbonyl (C=O) groups excluding carboxylic acids is 2. The highest BCUT2D eigenvalue weighted by Crippen LogP contribution is 2.29. The number of nitrogens with one attached hydrogen (secondary N) is 1. The molecule has 2 amide bonds. The number of hydrogen-bond acceptors (Lipinski definition) is 4. The molecule has 7 heteroatoms. The molecule has 0 spiro atoms. The zero-order valence-electron chi connectivity index (χ0n) is 16.1. The molecular formula is C20H30ClN3O2S. The summed E-state index contributed by atoms with van der Waals surface area (Å²) in [7, 11) is 0. The van der Waals surface area contributed by atoms with Gasteiger partial charge in [-0.1, -0.05) is 6.92 Å². The van der Waals surface area contributed by atoms with Crippen LogP contribution in [0.25, 0.3) is 0 Å². The van der Waals surface area contributed by atoms with E-state index in [0.717, 1.165) is 44.7 Å². The van der Waals surface area contributed by atoms with Gasteiger partial charge in [0.05, 0.1) is 5.92 Å². The first-order chi connectivity index (χ1) is 12.6. The van der Waals surface area contributed by atoms with E-state index in [-0.39, 0.29) is 30.1 Å². The van der Waals surface area contributed by atoms with Crippen LogP contribution in [-0.4, -0.2) is 55.7 Å². The van der Waals surface area contributed by atoms with Crippen LogP contribution in [0.4, 0.5) is 5.69 Å². The van der Waals surface area contributed by atoms with Crippen LogP contribution in [0, 0.1) is 11.8 Å². The van der Waals surface area contributed by atoms with Gasteiger partial charge in [-0.15, -0.1) is 24.2 Å². The average molecular weight is 412 g/mol. The van der Waals surface area contributed by atoms with Crippen molar-refractivity contribution in [3.63, 3.8) is 0 Å². The van der Waals surface area contributed by atoms with E-state index < -0.39 is 0 Å². The lowest BCUT2D eigenvalue weighted by molar-refractivity contribution is -0.137. The number of anilines is 1. The van der Waals surface area contributed by atoms with Crippen LogP contribution in [0.2, 0.25) is 0 Å². The number of thioether (sulfide) groups is 1. The second-order valence-electron chi connectivity index (χ2n) is 7.18. The highest BCUT2D eigenvalue weighted by Gasteiger charge is 2.38. The maximum absolute atomic E-state index is 12.9. The summed E-state index contributed by atoms with van der Waals surface area (Å²) in [5.74, 6) is 0.675. The van der Waals surface area contributed by atoms with E-state index in [4.69, 9.17) is 0 Å². The van der Waals surface area contributed by atoms with Crippen LogP contribution in [0.1, 0.15) is 26.2 Å². The monoisotopic (exact) mass is 411 g/mol. The van der Waals surface area contributed by atoms with Gasteiger partial charge in [0.15, 0.2) is 0 Å². The Hall–Kier alpha value is -1.24. The number of hydrogen-bond donors (Lipinski definition) is 1. The lowest BCUT2D eigenvalue weighted by Crippen LogP contribution is -2.44. The van der Waals surface area contributed by atoms with Crippen molar-refractivity contribution in [2.45, 2.75) is 31.1 Å². The predicted molar refractivity (Wildman–Crippen MR) is 114 cm³/mol. The first-order valence-corrected chi connectivity index (χ1v) is 10.8. The van der Waals surface area contributed by atoms with Crippen molar-refractivity contribution in [2.75, 3.05) is 43.9 Å². The molecule has 1 unspecified atom stereocenters. The molecule has 0 aliphatic carbocycles. The van der Waals surface area contributed by atoms with Crippen LogP contribution >= 0.6 is 24.2 Å². The minimum absolute atomic E-state index is 0. The molecule has 5 nitrogen and oxygen atoms in total. The predicted octanol–water partition coefficient (Wildman–Crippen LogP) is 3.03. The number of carbonyl (C=O) groups is 2. The summed E-state index contributed by atoms with van der Waals surface area (Å²) in [6, 6.07) is 8.00. The molecule has 0 radical (unpaired) electrons. The summed E-state index contributed by atoms with van der Waals surface area (Å²) >= 11 is 1.68. The van der Waals surface area contributed by atoms with Crippen molar-refractivity contribution in [2.24, 2.45) is 11.8 Å². The van der Waals surface area contributed by atoms with Gasteiger partial charge in [0.2, 0.25) is 11.8 Å². The van der Waals surface area contributed by atoms with Gasteiger partial charge in [-0.25, -0.2) is 0 Å². The van der Waals surface area contributed by atoms with E-state index in [1.807, 2.05) is 35.4 Å². The average Bonchev–Trinajstić information content (AvgIpc) is 3.08. The largest absolute Gasteiger partial charge is 0.342 e. The first kappa shape index (κ1) is 22.1. The molecule has 1 aromatic carbocycles. The Kier molecular flexibility index (Phi) is 8.45. The SMILES string of the molecule is CCNCC1CCN(C(=O)C2CC(=O)N(c3ccc(SC)cc3)C2)CC1.Cl. The van der Waals surface area contributed by atoms with Crippen molar-refractivity contribution >= 4 is 41.7 Å². The fraction of sp³-hybridized carbons (Fsp3) is 0.600. The van der Waals surface area contributed by atoms with Gasteiger partial charge in [0, 0.05) is 36.6 Å². The second-order valence-corrected chi connectivity index (χ2v) is 8.06. The zero-order valence-corrected chi connectivity index (χ0v) is 17.8. The summed E-state index contributed by atoms with van der Waals surface area (Å²) in [6.45, 7) is 6.31. The summed E-state index contributed by atoms with van der Waals surface area (Å²) in [6.07, 6.45) is 4.48. The molecule has 0 aromatic heterocycles. The Morgan fingerprint density at radius 1 is 1.22 bits per heavy atom. The molecule has 1 atom stereocenters. The number of rotatable bonds is 6. The van der Waals surface area contributed by atoms with E-state index in [1.54, 1.807) is 16.7 Å². The van der Waals surface area contributed by atoms with Crippen LogP contribution in [0.15, 0.2) is 29.2 Å². The standard InChI is InChI=1S/C20H29N3O2S.ClH/c1-3-21-13-15-8-10-22(11-9-15)20(25)16-12-19(24)23(14-16)17-4-6-18(26-2)7-5-17;/h4-7,15-16,21H,3,8-14H2,1-2H3;1H. The first-order valence-electron chi connectivity index (χ1n) is 9.56. The zero-order chi connectivity index (χ0) is 18.5. The molecule has 2 aliphatic rings. The van der Waals surface area contributed by atoms with Crippen molar-refractivity contribution in [1.29, 1.82) is 0 Å². The lowest BCUT2D eigenvalue weighted by atomic mass is 9.95. The third kappa shape index (κ3) is 5.39. The van der Waals surface area contributed by atoms with Crippen LogP contribution < -0.4 is 10.2 Å². The molecule has 2 heterocycles. The summed E-state index contributed by atoms with van der Waals surface area (Å²) in [5, 5.41) is 3.40. The molecule has 1 N–H and O–H groups in total. The molecule has 0 bridgehead atoms. The highest BCUT2D eigenvalue weighted by molar-refractivity contribution is 7.98. The maximum atomic E-state index is 12.9. The Labute approximate surface area is 172 Å². The van der Waals surface area contributed by atoms with Crippen LogP contribution in [0.5, 0.6) is 0 Å². The lowest BCUT2D eigenvalue weighted by Gasteiger charge is -2.33. The van der Waals surface area contributed by atoms with E-state index in [0.29, 0.717) is 18.9 Å². The Morgan fingerprint density at radius 2 is 1.89 bits per heavy atom. The van der Waals surface area contributed by atoms with Crippen LogP contribution in [-0.2, 0) is 9.59 Å². The van der Waals surface area contributed by atoms with Gasteiger partial charge < -0.3 is 15.1 Å². The minimum Gasteiger partial charge on any atom is -0.342 e. The van der Waals surface area contributed by atoms with Crippen LogP contribution in [0.3, 0.4) is 0 Å². The van der Waals surface area contributed by atoms with Gasteiger partial charge in [-0.05, 0) is 62.4 Å². The maximum Gasteiger partial charge on any atom is 0.228 e.